The molecule has 5 heteroatoms. The second-order valence-electron chi connectivity index (χ2n) is 7.48. The van der Waals surface area contributed by atoms with E-state index in [0.717, 1.165) is 53.5 Å². The topological polar surface area (TPSA) is 50.7 Å². The fraction of sp³-hybridized carbons (Fsp3) is 0.455. The van der Waals surface area contributed by atoms with E-state index in [1.165, 1.54) is 23.3 Å². The van der Waals surface area contributed by atoms with Crippen molar-refractivity contribution in [2.45, 2.75) is 51.5 Å². The van der Waals surface area contributed by atoms with E-state index in [-0.39, 0.29) is 5.91 Å². The summed E-state index contributed by atoms with van der Waals surface area (Å²) in [6.45, 7) is 2.26. The van der Waals surface area contributed by atoms with Crippen molar-refractivity contribution >= 4 is 28.5 Å². The molecule has 2 aromatic rings. The number of nitrogens with zero attached hydrogens (tertiary/aromatic N) is 1. The van der Waals surface area contributed by atoms with Crippen LogP contribution in [0.5, 0.6) is 5.75 Å². The first-order chi connectivity index (χ1) is 13.2. The van der Waals surface area contributed by atoms with E-state index in [9.17, 15) is 4.79 Å². The van der Waals surface area contributed by atoms with Crippen molar-refractivity contribution in [3.63, 3.8) is 0 Å². The molecular weight excluding hydrogens is 356 g/mol. The number of rotatable bonds is 6. The van der Waals surface area contributed by atoms with Gasteiger partial charge in [-0.05, 0) is 73.4 Å². The molecule has 1 aromatic heterocycles. The average molecular weight is 383 g/mol. The molecule has 1 fully saturated rings. The first-order valence-electron chi connectivity index (χ1n) is 9.81. The second-order valence-corrected chi connectivity index (χ2v) is 8.56. The lowest BCUT2D eigenvalue weighted by Gasteiger charge is -2.21. The maximum absolute atomic E-state index is 12.9. The molecule has 142 valence electrons. The van der Waals surface area contributed by atoms with E-state index < -0.39 is 0 Å². The highest BCUT2D eigenvalue weighted by Crippen LogP contribution is 2.42. The van der Waals surface area contributed by atoms with E-state index in [1.54, 1.807) is 18.4 Å². The first kappa shape index (κ1) is 18.2. The molecule has 1 saturated carbocycles. The summed E-state index contributed by atoms with van der Waals surface area (Å²) in [6, 6.07) is 8.17. The fourth-order valence-corrected chi connectivity index (χ4v) is 4.92. The van der Waals surface area contributed by atoms with Crippen LogP contribution in [0, 0.1) is 5.92 Å². The van der Waals surface area contributed by atoms with Gasteiger partial charge in [0.2, 0.25) is 0 Å². The number of nitrogens with one attached hydrogen (secondary N) is 1. The molecule has 1 heterocycles. The summed E-state index contributed by atoms with van der Waals surface area (Å²) in [6.07, 6.45) is 8.49. The summed E-state index contributed by atoms with van der Waals surface area (Å²) < 4.78 is 5.21. The number of benzene rings is 1. The molecule has 4 rings (SSSR count). The number of amides is 1. The number of methoxy groups -OCH3 is 1. The molecule has 4 nitrogen and oxygen atoms in total. The smallest absolute Gasteiger partial charge is 0.254 e. The van der Waals surface area contributed by atoms with Crippen LogP contribution in [0.2, 0.25) is 0 Å². The standard InChI is InChI=1S/C22H26N2O2S/c1-3-14-6-11-18-19(12-14)27-22(20(18)21(25)24-16-7-8-16)23-13-15-4-9-17(26-2)10-5-15/h4-5,9-10,13-14,16H,3,6-8,11-12H2,1-2H3,(H,24,25)/t14-/m0/s1. The Labute approximate surface area is 164 Å². The molecule has 0 saturated heterocycles. The summed E-state index contributed by atoms with van der Waals surface area (Å²) in [5, 5.41) is 4.02. The minimum Gasteiger partial charge on any atom is -0.497 e. The molecule has 0 unspecified atom stereocenters. The van der Waals surface area contributed by atoms with Gasteiger partial charge in [0.15, 0.2) is 0 Å². The Morgan fingerprint density at radius 3 is 2.74 bits per heavy atom. The number of hydrogen-bond donors (Lipinski definition) is 1. The Morgan fingerprint density at radius 2 is 2.07 bits per heavy atom. The molecule has 2 aliphatic rings. The van der Waals surface area contributed by atoms with Gasteiger partial charge in [0, 0.05) is 17.1 Å². The summed E-state index contributed by atoms with van der Waals surface area (Å²) in [5.41, 5.74) is 3.06. The number of carbonyl (C=O) groups is 1. The van der Waals surface area contributed by atoms with Crippen molar-refractivity contribution in [2.75, 3.05) is 7.11 Å². The maximum Gasteiger partial charge on any atom is 0.254 e. The van der Waals surface area contributed by atoms with Crippen molar-refractivity contribution in [2.24, 2.45) is 10.9 Å². The highest BCUT2D eigenvalue weighted by Gasteiger charge is 2.31. The van der Waals surface area contributed by atoms with Crippen molar-refractivity contribution in [3.05, 3.63) is 45.8 Å². The SMILES string of the molecule is CC[C@H]1CCc2c(sc(N=Cc3ccc(OC)cc3)c2C(=O)NC2CC2)C1. The van der Waals surface area contributed by atoms with E-state index in [1.807, 2.05) is 30.5 Å². The molecule has 2 aliphatic carbocycles. The first-order valence-corrected chi connectivity index (χ1v) is 10.6. The number of aliphatic imine (C=N–C) groups is 1. The zero-order valence-electron chi connectivity index (χ0n) is 16.0. The second kappa shape index (κ2) is 7.85. The molecule has 0 bridgehead atoms. The lowest BCUT2D eigenvalue weighted by Crippen LogP contribution is -2.26. The molecule has 0 radical (unpaired) electrons. The molecule has 1 amide bonds. The fourth-order valence-electron chi connectivity index (χ4n) is 3.62. The van der Waals surface area contributed by atoms with Gasteiger partial charge in [-0.3, -0.25) is 4.79 Å². The molecule has 0 spiro atoms. The third kappa shape index (κ3) is 4.08. The highest BCUT2D eigenvalue weighted by molar-refractivity contribution is 7.16. The lowest BCUT2D eigenvalue weighted by molar-refractivity contribution is 0.0951. The predicted octanol–water partition coefficient (Wildman–Crippen LogP) is 4.91. The minimum absolute atomic E-state index is 0.0619. The van der Waals surface area contributed by atoms with Gasteiger partial charge in [-0.2, -0.15) is 0 Å². The third-order valence-corrected chi connectivity index (χ3v) is 6.67. The Bertz CT molecular complexity index is 850. The van der Waals surface area contributed by atoms with Crippen LogP contribution in [0.3, 0.4) is 0 Å². The molecule has 1 N–H and O–H groups in total. The molecule has 0 aliphatic heterocycles. The summed E-state index contributed by atoms with van der Waals surface area (Å²) in [4.78, 5) is 19.0. The monoisotopic (exact) mass is 382 g/mol. The molecule has 1 aromatic carbocycles. The third-order valence-electron chi connectivity index (χ3n) is 5.51. The van der Waals surface area contributed by atoms with Crippen molar-refractivity contribution in [1.29, 1.82) is 0 Å². The summed E-state index contributed by atoms with van der Waals surface area (Å²) in [7, 11) is 1.66. The van der Waals surface area contributed by atoms with Gasteiger partial charge in [0.05, 0.1) is 12.7 Å². The average Bonchev–Trinajstić information content (AvgIpc) is 3.43. The van der Waals surface area contributed by atoms with E-state index >= 15 is 0 Å². The molecule has 27 heavy (non-hydrogen) atoms. The van der Waals surface area contributed by atoms with Crippen LogP contribution >= 0.6 is 11.3 Å². The van der Waals surface area contributed by atoms with Crippen LogP contribution in [0.4, 0.5) is 5.00 Å². The van der Waals surface area contributed by atoms with Gasteiger partial charge >= 0.3 is 0 Å². The Morgan fingerprint density at radius 1 is 1.30 bits per heavy atom. The summed E-state index contributed by atoms with van der Waals surface area (Å²) >= 11 is 1.70. The Hall–Kier alpha value is -2.14. The minimum atomic E-state index is 0.0619. The van der Waals surface area contributed by atoms with E-state index in [4.69, 9.17) is 9.73 Å². The van der Waals surface area contributed by atoms with Gasteiger partial charge in [0.1, 0.15) is 10.8 Å². The number of fused-ring (bicyclic) bond motifs is 1. The largest absolute Gasteiger partial charge is 0.497 e. The van der Waals surface area contributed by atoms with Crippen LogP contribution in [0.15, 0.2) is 29.3 Å². The van der Waals surface area contributed by atoms with Crippen molar-refractivity contribution in [3.8, 4) is 5.75 Å². The number of carbonyl (C=O) groups excluding carboxylic acids is 1. The zero-order valence-corrected chi connectivity index (χ0v) is 16.8. The molecular formula is C22H26N2O2S. The van der Waals surface area contributed by atoms with Gasteiger partial charge < -0.3 is 10.1 Å². The Balaban J connectivity index is 1.64. The van der Waals surface area contributed by atoms with Crippen LogP contribution in [-0.2, 0) is 12.8 Å². The number of ether oxygens (including phenoxy) is 1. The highest BCUT2D eigenvalue weighted by atomic mass is 32.1. The van der Waals surface area contributed by atoms with Gasteiger partial charge in [0.25, 0.3) is 5.91 Å². The van der Waals surface area contributed by atoms with Gasteiger partial charge in [-0.15, -0.1) is 11.3 Å². The quantitative estimate of drug-likeness (QED) is 0.721. The maximum atomic E-state index is 12.9. The predicted molar refractivity (Wildman–Crippen MR) is 111 cm³/mol. The van der Waals surface area contributed by atoms with E-state index in [2.05, 4.69) is 12.2 Å². The van der Waals surface area contributed by atoms with Crippen LogP contribution in [0.1, 0.15) is 59.0 Å². The van der Waals surface area contributed by atoms with Crippen LogP contribution in [0.25, 0.3) is 0 Å². The zero-order chi connectivity index (χ0) is 18.8. The number of thiophene rings is 1. The van der Waals surface area contributed by atoms with Crippen molar-refractivity contribution < 1.29 is 9.53 Å². The number of hydrogen-bond acceptors (Lipinski definition) is 4. The molecule has 1 atom stereocenters. The summed E-state index contributed by atoms with van der Waals surface area (Å²) in [5.74, 6) is 1.62. The van der Waals surface area contributed by atoms with Crippen LogP contribution < -0.4 is 10.1 Å². The lowest BCUT2D eigenvalue weighted by atomic mass is 9.85. The van der Waals surface area contributed by atoms with Gasteiger partial charge in [-0.25, -0.2) is 4.99 Å². The van der Waals surface area contributed by atoms with Gasteiger partial charge in [-0.1, -0.05) is 13.3 Å². The Kier molecular flexibility index (Phi) is 5.30. The van der Waals surface area contributed by atoms with Crippen LogP contribution in [-0.4, -0.2) is 25.3 Å². The van der Waals surface area contributed by atoms with Crippen molar-refractivity contribution in [1.82, 2.24) is 5.32 Å². The van der Waals surface area contributed by atoms with E-state index in [0.29, 0.717) is 6.04 Å². The normalized spacial score (nSPS) is 19.1.